The summed E-state index contributed by atoms with van der Waals surface area (Å²) < 4.78 is 6.89. The van der Waals surface area contributed by atoms with Crippen LogP contribution in [0.2, 0.25) is 0 Å². The second-order valence-corrected chi connectivity index (χ2v) is 3.43. The number of nitrogens with two attached hydrogens (primary N) is 1. The Morgan fingerprint density at radius 1 is 1.38 bits per heavy atom. The van der Waals surface area contributed by atoms with Crippen molar-refractivity contribution in [3.05, 3.63) is 30.5 Å². The van der Waals surface area contributed by atoms with Gasteiger partial charge in [-0.05, 0) is 12.1 Å². The molecule has 0 aliphatic rings. The summed E-state index contributed by atoms with van der Waals surface area (Å²) in [6.07, 6.45) is 1.75. The first-order valence-electron chi connectivity index (χ1n) is 4.90. The summed E-state index contributed by atoms with van der Waals surface area (Å²) in [7, 11) is 3.45. The first-order chi connectivity index (χ1) is 7.70. The van der Waals surface area contributed by atoms with Crippen LogP contribution < -0.4 is 15.8 Å². The van der Waals surface area contributed by atoms with Gasteiger partial charge in [0.15, 0.2) is 5.82 Å². The highest BCUT2D eigenvalue weighted by Crippen LogP contribution is 2.28. The molecule has 0 saturated heterocycles. The predicted octanol–water partition coefficient (Wildman–Crippen LogP) is 1.75. The molecule has 3 N–H and O–H groups in total. The van der Waals surface area contributed by atoms with Crippen molar-refractivity contribution in [3.63, 3.8) is 0 Å². The summed E-state index contributed by atoms with van der Waals surface area (Å²) in [4.78, 5) is 0. The van der Waals surface area contributed by atoms with Gasteiger partial charge >= 0.3 is 0 Å². The third kappa shape index (κ3) is 1.93. The van der Waals surface area contributed by atoms with Crippen LogP contribution in [-0.4, -0.2) is 16.9 Å². The summed E-state index contributed by atoms with van der Waals surface area (Å²) in [5, 5.41) is 7.34. The van der Waals surface area contributed by atoms with Gasteiger partial charge in [-0.2, -0.15) is 5.10 Å². The molecule has 1 aromatic heterocycles. The van der Waals surface area contributed by atoms with E-state index in [2.05, 4.69) is 10.4 Å². The first kappa shape index (κ1) is 10.4. The quantitative estimate of drug-likeness (QED) is 0.823. The van der Waals surface area contributed by atoms with E-state index in [0.29, 0.717) is 11.5 Å². The van der Waals surface area contributed by atoms with Gasteiger partial charge in [0.25, 0.3) is 0 Å². The molecule has 0 atom stereocenters. The van der Waals surface area contributed by atoms with Gasteiger partial charge in [-0.1, -0.05) is 12.1 Å². The van der Waals surface area contributed by atoms with Gasteiger partial charge < -0.3 is 15.8 Å². The van der Waals surface area contributed by atoms with Crippen LogP contribution in [0.15, 0.2) is 30.5 Å². The molecule has 0 radical (unpaired) electrons. The lowest BCUT2D eigenvalue weighted by Crippen LogP contribution is -1.98. The molecule has 0 amide bonds. The van der Waals surface area contributed by atoms with Crippen molar-refractivity contribution in [2.45, 2.75) is 0 Å². The minimum absolute atomic E-state index is 0.605. The summed E-state index contributed by atoms with van der Waals surface area (Å²) in [5.74, 6) is 1.39. The standard InChI is InChI=1S/C11H14N4O/c1-15-7-8(12)11(14-15)13-9-5-3-4-6-10(9)16-2/h3-7H,12H2,1-2H3,(H,13,14). The van der Waals surface area contributed by atoms with Crippen LogP contribution in [0.4, 0.5) is 17.2 Å². The SMILES string of the molecule is COc1ccccc1Nc1nn(C)cc1N. The van der Waals surface area contributed by atoms with Gasteiger partial charge in [-0.25, -0.2) is 0 Å². The van der Waals surface area contributed by atoms with Crippen LogP contribution >= 0.6 is 0 Å². The van der Waals surface area contributed by atoms with Crippen molar-refractivity contribution in [2.75, 3.05) is 18.2 Å². The normalized spacial score (nSPS) is 10.1. The van der Waals surface area contributed by atoms with E-state index in [4.69, 9.17) is 10.5 Å². The molecule has 1 aromatic carbocycles. The van der Waals surface area contributed by atoms with E-state index in [-0.39, 0.29) is 0 Å². The fourth-order valence-electron chi connectivity index (χ4n) is 1.48. The predicted molar refractivity (Wildman–Crippen MR) is 63.9 cm³/mol. The lowest BCUT2D eigenvalue weighted by Gasteiger charge is -2.08. The Balaban J connectivity index is 2.30. The van der Waals surface area contributed by atoms with Crippen molar-refractivity contribution in [1.29, 1.82) is 0 Å². The number of nitrogen functional groups attached to an aromatic ring is 1. The molecule has 0 unspecified atom stereocenters. The number of nitrogens with one attached hydrogen (secondary N) is 1. The van der Waals surface area contributed by atoms with Gasteiger partial charge in [0.2, 0.25) is 0 Å². The smallest absolute Gasteiger partial charge is 0.175 e. The molecule has 1 heterocycles. The van der Waals surface area contributed by atoms with Crippen molar-refractivity contribution in [2.24, 2.45) is 7.05 Å². The van der Waals surface area contributed by atoms with E-state index in [1.165, 1.54) is 0 Å². The van der Waals surface area contributed by atoms with Crippen LogP contribution in [0.3, 0.4) is 0 Å². The Morgan fingerprint density at radius 3 is 2.75 bits per heavy atom. The highest BCUT2D eigenvalue weighted by atomic mass is 16.5. The second-order valence-electron chi connectivity index (χ2n) is 3.43. The Hall–Kier alpha value is -2.17. The van der Waals surface area contributed by atoms with Crippen LogP contribution in [-0.2, 0) is 7.05 Å². The van der Waals surface area contributed by atoms with E-state index >= 15 is 0 Å². The number of benzene rings is 1. The number of hydrogen-bond acceptors (Lipinski definition) is 4. The summed E-state index contributed by atoms with van der Waals surface area (Å²) >= 11 is 0. The number of ether oxygens (including phenoxy) is 1. The lowest BCUT2D eigenvalue weighted by molar-refractivity contribution is 0.417. The first-order valence-corrected chi connectivity index (χ1v) is 4.90. The number of para-hydroxylation sites is 2. The van der Waals surface area contributed by atoms with Crippen LogP contribution in [0.5, 0.6) is 5.75 Å². The molecule has 0 aliphatic carbocycles. The zero-order valence-corrected chi connectivity index (χ0v) is 9.27. The molecule has 0 spiro atoms. The van der Waals surface area contributed by atoms with E-state index in [0.717, 1.165) is 11.4 Å². The summed E-state index contributed by atoms with van der Waals surface area (Å²) in [5.41, 5.74) is 7.24. The average Bonchev–Trinajstić information content (AvgIpc) is 2.58. The highest BCUT2D eigenvalue weighted by Gasteiger charge is 2.07. The molecular weight excluding hydrogens is 204 g/mol. The molecule has 0 fully saturated rings. The molecule has 0 aliphatic heterocycles. The topological polar surface area (TPSA) is 65.1 Å². The van der Waals surface area contributed by atoms with E-state index in [1.807, 2.05) is 31.3 Å². The highest BCUT2D eigenvalue weighted by molar-refractivity contribution is 5.71. The summed E-state index contributed by atoms with van der Waals surface area (Å²) in [6, 6.07) is 7.62. The van der Waals surface area contributed by atoms with Gasteiger partial charge in [-0.3, -0.25) is 4.68 Å². The van der Waals surface area contributed by atoms with Crippen LogP contribution in [0.1, 0.15) is 0 Å². The molecular formula is C11H14N4O. The van der Waals surface area contributed by atoms with Gasteiger partial charge in [-0.15, -0.1) is 0 Å². The molecule has 16 heavy (non-hydrogen) atoms. The second kappa shape index (κ2) is 4.14. The fraction of sp³-hybridized carbons (Fsp3) is 0.182. The van der Waals surface area contributed by atoms with E-state index in [9.17, 15) is 0 Å². The van der Waals surface area contributed by atoms with Crippen LogP contribution in [0, 0.1) is 0 Å². The fourth-order valence-corrected chi connectivity index (χ4v) is 1.48. The monoisotopic (exact) mass is 218 g/mol. The largest absolute Gasteiger partial charge is 0.495 e. The molecule has 5 heteroatoms. The van der Waals surface area contributed by atoms with Gasteiger partial charge in [0.1, 0.15) is 5.75 Å². The summed E-state index contributed by atoms with van der Waals surface area (Å²) in [6.45, 7) is 0. The van der Waals surface area contributed by atoms with Crippen molar-refractivity contribution in [3.8, 4) is 5.75 Å². The number of anilines is 3. The number of hydrogen-bond donors (Lipinski definition) is 2. The Bertz CT molecular complexity index is 492. The van der Waals surface area contributed by atoms with Crippen molar-refractivity contribution in [1.82, 2.24) is 9.78 Å². The third-order valence-corrected chi connectivity index (χ3v) is 2.22. The van der Waals surface area contributed by atoms with E-state index < -0.39 is 0 Å². The number of aromatic nitrogens is 2. The maximum atomic E-state index is 5.79. The molecule has 84 valence electrons. The van der Waals surface area contributed by atoms with Gasteiger partial charge in [0, 0.05) is 13.2 Å². The zero-order chi connectivity index (χ0) is 11.5. The zero-order valence-electron chi connectivity index (χ0n) is 9.27. The Labute approximate surface area is 93.8 Å². The molecule has 0 bridgehead atoms. The minimum Gasteiger partial charge on any atom is -0.495 e. The van der Waals surface area contributed by atoms with Gasteiger partial charge in [0.05, 0.1) is 18.5 Å². The molecule has 2 rings (SSSR count). The lowest BCUT2D eigenvalue weighted by atomic mass is 10.3. The van der Waals surface area contributed by atoms with Crippen LogP contribution in [0.25, 0.3) is 0 Å². The molecule has 2 aromatic rings. The third-order valence-electron chi connectivity index (χ3n) is 2.22. The van der Waals surface area contributed by atoms with E-state index in [1.54, 1.807) is 18.0 Å². The Morgan fingerprint density at radius 2 is 2.12 bits per heavy atom. The maximum Gasteiger partial charge on any atom is 0.175 e. The van der Waals surface area contributed by atoms with Crippen molar-refractivity contribution < 1.29 is 4.74 Å². The number of aryl methyl sites for hydroxylation is 1. The molecule has 5 nitrogen and oxygen atoms in total. The maximum absolute atomic E-state index is 5.79. The van der Waals surface area contributed by atoms with Crippen molar-refractivity contribution >= 4 is 17.2 Å². The molecule has 0 saturated carbocycles. The Kier molecular flexibility index (Phi) is 2.68. The number of methoxy groups -OCH3 is 1. The number of nitrogens with zero attached hydrogens (tertiary/aromatic N) is 2. The average molecular weight is 218 g/mol. The minimum atomic E-state index is 0.605. The number of rotatable bonds is 3.